The summed E-state index contributed by atoms with van der Waals surface area (Å²) in [6.07, 6.45) is 0.906. The third-order valence-electron chi connectivity index (χ3n) is 2.37. The molecule has 1 aromatic carbocycles. The van der Waals surface area contributed by atoms with Crippen LogP contribution in [0.3, 0.4) is 0 Å². The summed E-state index contributed by atoms with van der Waals surface area (Å²) in [5.41, 5.74) is -1.06. The second kappa shape index (κ2) is 4.81. The van der Waals surface area contributed by atoms with Crippen molar-refractivity contribution in [1.29, 1.82) is 0 Å². The molecule has 1 N–H and O–H groups in total. The van der Waals surface area contributed by atoms with Crippen molar-refractivity contribution in [2.24, 2.45) is 0 Å². The van der Waals surface area contributed by atoms with Gasteiger partial charge in [0.05, 0.1) is 5.02 Å². The van der Waals surface area contributed by atoms with Gasteiger partial charge in [0.25, 0.3) is 11.5 Å². The smallest absolute Gasteiger partial charge is 0.264 e. The minimum absolute atomic E-state index is 0.212. The molecule has 0 aliphatic heterocycles. The zero-order valence-corrected chi connectivity index (χ0v) is 9.99. The van der Waals surface area contributed by atoms with E-state index in [4.69, 9.17) is 11.6 Å². The lowest BCUT2D eigenvalue weighted by molar-refractivity contribution is 0.0955. The molecule has 0 atom stereocenters. The Morgan fingerprint density at radius 1 is 1.21 bits per heavy atom. The molecule has 0 unspecified atom stereocenters. The Balaban J connectivity index is 2.53. The van der Waals surface area contributed by atoms with Gasteiger partial charge in [-0.25, -0.2) is 13.3 Å². The van der Waals surface area contributed by atoms with Gasteiger partial charge in [-0.1, -0.05) is 11.6 Å². The molecule has 1 aromatic heterocycles. The zero-order valence-electron chi connectivity index (χ0n) is 9.23. The van der Waals surface area contributed by atoms with Crippen LogP contribution in [0.25, 0.3) is 0 Å². The Kier molecular flexibility index (Phi) is 3.35. The number of aromatic nitrogens is 1. The highest BCUT2D eigenvalue weighted by Crippen LogP contribution is 2.19. The van der Waals surface area contributed by atoms with E-state index in [0.717, 1.165) is 24.4 Å². The maximum absolute atomic E-state index is 13.0. The van der Waals surface area contributed by atoms with E-state index in [9.17, 15) is 23.5 Å². The topological polar surface area (TPSA) is 59.3 Å². The van der Waals surface area contributed by atoms with Crippen LogP contribution in [0, 0.1) is 11.6 Å². The van der Waals surface area contributed by atoms with Crippen molar-refractivity contribution in [3.05, 3.63) is 63.0 Å². The molecule has 2 aromatic rings. The summed E-state index contributed by atoms with van der Waals surface area (Å²) in [6.45, 7) is 0. The molecule has 0 saturated heterocycles. The number of carbonyl (C=O) groups is 1. The molecular weight excluding hydrogens is 280 g/mol. The van der Waals surface area contributed by atoms with E-state index < -0.39 is 28.9 Å². The highest BCUT2D eigenvalue weighted by Gasteiger charge is 2.14. The molecular formula is C12H6ClF2NO3. The predicted octanol–water partition coefficient (Wildman–Crippen LogP) is 2.17. The van der Waals surface area contributed by atoms with Crippen LogP contribution in [0.15, 0.2) is 35.3 Å². The van der Waals surface area contributed by atoms with Crippen molar-refractivity contribution in [1.82, 2.24) is 4.57 Å². The van der Waals surface area contributed by atoms with E-state index in [-0.39, 0.29) is 10.6 Å². The lowest BCUT2D eigenvalue weighted by Gasteiger charge is -2.06. The largest absolute Gasteiger partial charge is 0.506 e. The summed E-state index contributed by atoms with van der Waals surface area (Å²) in [7, 11) is 0. The van der Waals surface area contributed by atoms with E-state index in [2.05, 4.69) is 0 Å². The molecule has 1 heterocycles. The van der Waals surface area contributed by atoms with Crippen molar-refractivity contribution in [3.8, 4) is 5.75 Å². The Labute approximate surface area is 110 Å². The van der Waals surface area contributed by atoms with Crippen LogP contribution < -0.4 is 5.56 Å². The number of rotatable bonds is 1. The minimum atomic E-state index is -1.20. The first-order valence-corrected chi connectivity index (χ1v) is 5.39. The molecule has 7 heteroatoms. The average Bonchev–Trinajstić information content (AvgIpc) is 2.36. The van der Waals surface area contributed by atoms with Crippen LogP contribution in [-0.2, 0) is 0 Å². The molecule has 0 saturated carbocycles. The maximum atomic E-state index is 13.0. The normalized spacial score (nSPS) is 10.5. The first kappa shape index (κ1) is 13.2. The van der Waals surface area contributed by atoms with Crippen molar-refractivity contribution < 1.29 is 18.7 Å². The molecule has 4 nitrogen and oxygen atoms in total. The highest BCUT2D eigenvalue weighted by atomic mass is 35.5. The van der Waals surface area contributed by atoms with E-state index in [1.54, 1.807) is 0 Å². The lowest BCUT2D eigenvalue weighted by Crippen LogP contribution is -2.26. The number of pyridine rings is 1. The van der Waals surface area contributed by atoms with Crippen LogP contribution in [0.2, 0.25) is 5.02 Å². The van der Waals surface area contributed by atoms with Crippen LogP contribution in [0.4, 0.5) is 8.78 Å². The van der Waals surface area contributed by atoms with Crippen molar-refractivity contribution in [2.45, 2.75) is 0 Å². The van der Waals surface area contributed by atoms with Crippen LogP contribution in [0.5, 0.6) is 5.75 Å². The first-order valence-electron chi connectivity index (χ1n) is 5.01. The second-order valence-corrected chi connectivity index (χ2v) is 4.06. The third-order valence-corrected chi connectivity index (χ3v) is 2.66. The standard InChI is InChI=1S/C12H6ClF2NO3/c13-7-5-16(11(18)4-10(7)17)12(19)6-1-2-8(14)9(15)3-6/h1-5,17H. The number of aromatic hydroxyl groups is 1. The Bertz CT molecular complexity index is 727. The predicted molar refractivity (Wildman–Crippen MR) is 63.5 cm³/mol. The molecule has 0 bridgehead atoms. The zero-order chi connectivity index (χ0) is 14.2. The van der Waals surface area contributed by atoms with Gasteiger partial charge < -0.3 is 5.11 Å². The fraction of sp³-hybridized carbons (Fsp3) is 0. The molecule has 2 rings (SSSR count). The maximum Gasteiger partial charge on any atom is 0.264 e. The third kappa shape index (κ3) is 2.48. The molecule has 19 heavy (non-hydrogen) atoms. The Morgan fingerprint density at radius 2 is 1.89 bits per heavy atom. The molecule has 0 aliphatic carbocycles. The van der Waals surface area contributed by atoms with Crippen LogP contribution in [-0.4, -0.2) is 15.6 Å². The number of hydrogen-bond donors (Lipinski definition) is 1. The van der Waals surface area contributed by atoms with Gasteiger partial charge in [0.2, 0.25) is 0 Å². The molecule has 0 aliphatic rings. The summed E-state index contributed by atoms with van der Waals surface area (Å²) < 4.78 is 26.4. The molecule has 0 amide bonds. The van der Waals surface area contributed by atoms with E-state index in [1.165, 1.54) is 0 Å². The van der Waals surface area contributed by atoms with E-state index in [0.29, 0.717) is 10.6 Å². The molecule has 0 radical (unpaired) electrons. The molecule has 98 valence electrons. The van der Waals surface area contributed by atoms with Crippen molar-refractivity contribution in [2.75, 3.05) is 0 Å². The minimum Gasteiger partial charge on any atom is -0.506 e. The molecule has 0 fully saturated rings. The van der Waals surface area contributed by atoms with Crippen molar-refractivity contribution >= 4 is 17.5 Å². The number of halogens is 3. The highest BCUT2D eigenvalue weighted by molar-refractivity contribution is 6.32. The molecule has 0 spiro atoms. The van der Waals surface area contributed by atoms with Gasteiger partial charge in [-0.05, 0) is 18.2 Å². The Hall–Kier alpha value is -2.21. The summed E-state index contributed by atoms with van der Waals surface area (Å²) >= 11 is 5.58. The van der Waals surface area contributed by atoms with Gasteiger partial charge in [0, 0.05) is 17.8 Å². The van der Waals surface area contributed by atoms with Crippen LogP contribution >= 0.6 is 11.6 Å². The Morgan fingerprint density at radius 3 is 2.53 bits per heavy atom. The number of carbonyl (C=O) groups excluding carboxylic acids is 1. The summed E-state index contributed by atoms with van der Waals surface area (Å²) in [6, 6.07) is 3.23. The summed E-state index contributed by atoms with van der Waals surface area (Å²) in [5.74, 6) is -3.66. The van der Waals surface area contributed by atoms with Gasteiger partial charge in [-0.15, -0.1) is 0 Å². The monoisotopic (exact) mass is 285 g/mol. The SMILES string of the molecule is O=C(c1ccc(F)c(F)c1)n1cc(Cl)c(O)cc1=O. The number of benzene rings is 1. The van der Waals surface area contributed by atoms with Crippen molar-refractivity contribution in [3.63, 3.8) is 0 Å². The second-order valence-electron chi connectivity index (χ2n) is 3.65. The van der Waals surface area contributed by atoms with Crippen LogP contribution in [0.1, 0.15) is 10.4 Å². The lowest BCUT2D eigenvalue weighted by atomic mass is 10.2. The fourth-order valence-corrected chi connectivity index (χ4v) is 1.58. The van der Waals surface area contributed by atoms with E-state index >= 15 is 0 Å². The number of hydrogen-bond acceptors (Lipinski definition) is 3. The summed E-state index contributed by atoms with van der Waals surface area (Å²) in [5, 5.41) is 8.98. The quantitative estimate of drug-likeness (QED) is 0.873. The van der Waals surface area contributed by atoms with Gasteiger partial charge in [0.15, 0.2) is 11.6 Å². The average molecular weight is 286 g/mol. The van der Waals surface area contributed by atoms with Gasteiger partial charge in [0.1, 0.15) is 5.75 Å². The summed E-state index contributed by atoms with van der Waals surface area (Å²) in [4.78, 5) is 23.4. The number of nitrogens with zero attached hydrogens (tertiary/aromatic N) is 1. The van der Waals surface area contributed by atoms with Gasteiger partial charge in [-0.2, -0.15) is 0 Å². The fourth-order valence-electron chi connectivity index (χ4n) is 1.43. The van der Waals surface area contributed by atoms with Gasteiger partial charge in [-0.3, -0.25) is 9.59 Å². The van der Waals surface area contributed by atoms with E-state index in [1.807, 2.05) is 0 Å². The van der Waals surface area contributed by atoms with Gasteiger partial charge >= 0.3 is 0 Å². The first-order chi connectivity index (χ1) is 8.90.